The Morgan fingerprint density at radius 1 is 1.40 bits per heavy atom. The van der Waals surface area contributed by atoms with Crippen LogP contribution in [0.1, 0.15) is 51.9 Å². The Morgan fingerprint density at radius 2 is 2.15 bits per heavy atom. The van der Waals surface area contributed by atoms with E-state index in [1.807, 2.05) is 0 Å². The molecule has 0 bridgehead atoms. The molecule has 20 heavy (non-hydrogen) atoms. The molecule has 4 nitrogen and oxygen atoms in total. The summed E-state index contributed by atoms with van der Waals surface area (Å²) in [6.07, 6.45) is 7.34. The van der Waals surface area contributed by atoms with Crippen molar-refractivity contribution >= 4 is 5.91 Å². The van der Waals surface area contributed by atoms with E-state index >= 15 is 0 Å². The number of rotatable bonds is 4. The number of nitrogens with zero attached hydrogens (tertiary/aromatic N) is 1. The van der Waals surface area contributed by atoms with Gasteiger partial charge in [-0.25, -0.2) is 0 Å². The molecule has 2 aliphatic rings. The van der Waals surface area contributed by atoms with Crippen molar-refractivity contribution in [3.63, 3.8) is 0 Å². The number of carbonyl (C=O) groups excluding carboxylic acids is 1. The Labute approximate surface area is 121 Å². The maximum atomic E-state index is 12.3. The van der Waals surface area contributed by atoms with Gasteiger partial charge in [-0.15, -0.1) is 0 Å². The predicted molar refractivity (Wildman–Crippen MR) is 76.8 cm³/mol. The van der Waals surface area contributed by atoms with Crippen molar-refractivity contribution in [2.24, 2.45) is 17.3 Å². The standard InChI is InChI=1S/C16H26N2O2/c1-13-3-2-4-14(11-13)5-8-18-15(19)16(12-17)6-9-20-10-7-16/h13-14H,2-11H2,1H3,(H,18,19). The van der Waals surface area contributed by atoms with E-state index in [9.17, 15) is 10.1 Å². The summed E-state index contributed by atoms with van der Waals surface area (Å²) in [6, 6.07) is 2.22. The second kappa shape index (κ2) is 7.08. The molecule has 0 aromatic rings. The summed E-state index contributed by atoms with van der Waals surface area (Å²) in [4.78, 5) is 12.3. The molecule has 2 atom stereocenters. The fourth-order valence-electron chi connectivity index (χ4n) is 3.49. The number of hydrogen-bond donors (Lipinski definition) is 1. The fraction of sp³-hybridized carbons (Fsp3) is 0.875. The third-order valence-electron chi connectivity index (χ3n) is 4.88. The summed E-state index contributed by atoms with van der Waals surface area (Å²) in [5.41, 5.74) is -0.849. The minimum atomic E-state index is -0.849. The molecular formula is C16H26N2O2. The van der Waals surface area contributed by atoms with E-state index in [-0.39, 0.29) is 5.91 Å². The topological polar surface area (TPSA) is 62.1 Å². The Kier molecular flexibility index (Phi) is 5.42. The highest BCUT2D eigenvalue weighted by Crippen LogP contribution is 2.31. The molecule has 2 unspecified atom stereocenters. The molecule has 1 saturated carbocycles. The molecule has 0 radical (unpaired) electrons. The van der Waals surface area contributed by atoms with Gasteiger partial charge in [0.15, 0.2) is 0 Å². The minimum Gasteiger partial charge on any atom is -0.381 e. The zero-order chi connectivity index (χ0) is 14.4. The van der Waals surface area contributed by atoms with Gasteiger partial charge in [0.1, 0.15) is 5.41 Å². The summed E-state index contributed by atoms with van der Waals surface area (Å²) in [6.45, 7) is 4.06. The number of amides is 1. The largest absolute Gasteiger partial charge is 0.381 e. The predicted octanol–water partition coefficient (Wildman–Crippen LogP) is 2.64. The zero-order valence-corrected chi connectivity index (χ0v) is 12.5. The molecule has 4 heteroatoms. The van der Waals surface area contributed by atoms with Crippen LogP contribution in [0.4, 0.5) is 0 Å². The van der Waals surface area contributed by atoms with Gasteiger partial charge in [0, 0.05) is 19.8 Å². The van der Waals surface area contributed by atoms with Crippen molar-refractivity contribution in [1.29, 1.82) is 5.26 Å². The van der Waals surface area contributed by atoms with Gasteiger partial charge in [-0.05, 0) is 37.5 Å². The van der Waals surface area contributed by atoms with Gasteiger partial charge in [0.25, 0.3) is 0 Å². The molecule has 0 aromatic carbocycles. The SMILES string of the molecule is CC1CCCC(CCNC(=O)C2(C#N)CCOCC2)C1. The van der Waals surface area contributed by atoms with Crippen LogP contribution in [0.3, 0.4) is 0 Å². The maximum Gasteiger partial charge on any atom is 0.240 e. The molecular weight excluding hydrogens is 252 g/mol. The van der Waals surface area contributed by atoms with E-state index < -0.39 is 5.41 Å². The lowest BCUT2D eigenvalue weighted by atomic mass is 9.80. The summed E-state index contributed by atoms with van der Waals surface area (Å²) in [5.74, 6) is 1.48. The summed E-state index contributed by atoms with van der Waals surface area (Å²) in [7, 11) is 0. The van der Waals surface area contributed by atoms with Gasteiger partial charge in [-0.3, -0.25) is 4.79 Å². The van der Waals surface area contributed by atoms with Gasteiger partial charge < -0.3 is 10.1 Å². The first-order valence-corrected chi connectivity index (χ1v) is 7.93. The van der Waals surface area contributed by atoms with Gasteiger partial charge >= 0.3 is 0 Å². The number of carbonyl (C=O) groups is 1. The van der Waals surface area contributed by atoms with E-state index in [0.717, 1.165) is 18.3 Å². The highest BCUT2D eigenvalue weighted by Gasteiger charge is 2.40. The van der Waals surface area contributed by atoms with Crippen LogP contribution in [0.15, 0.2) is 0 Å². The molecule has 112 valence electrons. The molecule has 0 spiro atoms. The summed E-state index contributed by atoms with van der Waals surface area (Å²) < 4.78 is 5.26. The van der Waals surface area contributed by atoms with Crippen molar-refractivity contribution in [2.45, 2.75) is 51.9 Å². The molecule has 1 heterocycles. The lowest BCUT2D eigenvalue weighted by molar-refractivity contribution is -0.132. The van der Waals surface area contributed by atoms with Crippen LogP contribution in [0.5, 0.6) is 0 Å². The van der Waals surface area contributed by atoms with Crippen LogP contribution in [0.25, 0.3) is 0 Å². The smallest absolute Gasteiger partial charge is 0.240 e. The van der Waals surface area contributed by atoms with Gasteiger partial charge in [-0.2, -0.15) is 5.26 Å². The first-order chi connectivity index (χ1) is 9.66. The average Bonchev–Trinajstić information content (AvgIpc) is 2.48. The van der Waals surface area contributed by atoms with Crippen LogP contribution in [-0.4, -0.2) is 25.7 Å². The Bertz CT molecular complexity index is 369. The average molecular weight is 278 g/mol. The van der Waals surface area contributed by atoms with Crippen LogP contribution >= 0.6 is 0 Å². The Hall–Kier alpha value is -1.08. The van der Waals surface area contributed by atoms with Gasteiger partial charge in [0.2, 0.25) is 5.91 Å². The molecule has 1 saturated heterocycles. The van der Waals surface area contributed by atoms with E-state index in [2.05, 4.69) is 18.3 Å². The Morgan fingerprint density at radius 3 is 2.80 bits per heavy atom. The Balaban J connectivity index is 1.75. The number of hydrogen-bond acceptors (Lipinski definition) is 3. The number of nitriles is 1. The highest BCUT2D eigenvalue weighted by atomic mass is 16.5. The first-order valence-electron chi connectivity index (χ1n) is 7.93. The normalized spacial score (nSPS) is 29.4. The lowest BCUT2D eigenvalue weighted by Gasteiger charge is -2.30. The highest BCUT2D eigenvalue weighted by molar-refractivity contribution is 5.85. The van der Waals surface area contributed by atoms with Crippen molar-refractivity contribution < 1.29 is 9.53 Å². The van der Waals surface area contributed by atoms with E-state index in [0.29, 0.717) is 32.6 Å². The molecule has 1 aliphatic heterocycles. The molecule has 1 amide bonds. The number of nitrogens with one attached hydrogen (secondary N) is 1. The first kappa shape index (κ1) is 15.3. The van der Waals surface area contributed by atoms with E-state index in [1.54, 1.807) is 0 Å². The molecule has 1 aliphatic carbocycles. The van der Waals surface area contributed by atoms with Crippen LogP contribution in [-0.2, 0) is 9.53 Å². The summed E-state index contributed by atoms with van der Waals surface area (Å²) >= 11 is 0. The van der Waals surface area contributed by atoms with Crippen LogP contribution in [0, 0.1) is 28.6 Å². The lowest BCUT2D eigenvalue weighted by Crippen LogP contribution is -2.44. The van der Waals surface area contributed by atoms with E-state index in [4.69, 9.17) is 4.74 Å². The second-order valence-electron chi connectivity index (χ2n) is 6.49. The van der Waals surface area contributed by atoms with Crippen molar-refractivity contribution in [1.82, 2.24) is 5.32 Å². The van der Waals surface area contributed by atoms with Crippen molar-refractivity contribution in [2.75, 3.05) is 19.8 Å². The molecule has 2 rings (SSSR count). The zero-order valence-electron chi connectivity index (χ0n) is 12.5. The fourth-order valence-corrected chi connectivity index (χ4v) is 3.49. The quantitative estimate of drug-likeness (QED) is 0.860. The third kappa shape index (κ3) is 3.73. The molecule has 2 fully saturated rings. The maximum absolute atomic E-state index is 12.3. The van der Waals surface area contributed by atoms with Crippen molar-refractivity contribution in [3.8, 4) is 6.07 Å². The van der Waals surface area contributed by atoms with Gasteiger partial charge in [-0.1, -0.05) is 26.2 Å². The molecule has 0 aromatic heterocycles. The van der Waals surface area contributed by atoms with Crippen molar-refractivity contribution in [3.05, 3.63) is 0 Å². The number of ether oxygens (including phenoxy) is 1. The molecule has 1 N–H and O–H groups in total. The van der Waals surface area contributed by atoms with Gasteiger partial charge in [0.05, 0.1) is 6.07 Å². The minimum absolute atomic E-state index is 0.0906. The third-order valence-corrected chi connectivity index (χ3v) is 4.88. The van der Waals surface area contributed by atoms with E-state index in [1.165, 1.54) is 25.7 Å². The monoisotopic (exact) mass is 278 g/mol. The van der Waals surface area contributed by atoms with Crippen LogP contribution < -0.4 is 5.32 Å². The summed E-state index contributed by atoms with van der Waals surface area (Å²) in [5, 5.41) is 12.3. The second-order valence-corrected chi connectivity index (χ2v) is 6.49. The van der Waals surface area contributed by atoms with Crippen LogP contribution in [0.2, 0.25) is 0 Å².